The molecule has 1 saturated carbocycles. The molecule has 0 aromatic rings. The van der Waals surface area contributed by atoms with Crippen molar-refractivity contribution in [1.82, 2.24) is 0 Å². The molecule has 0 aromatic carbocycles. The van der Waals surface area contributed by atoms with Gasteiger partial charge in [0.15, 0.2) is 0 Å². The van der Waals surface area contributed by atoms with Crippen molar-refractivity contribution in [3.8, 4) is 0 Å². The van der Waals surface area contributed by atoms with Crippen molar-refractivity contribution in [3.63, 3.8) is 0 Å². The molecule has 0 heterocycles. The Bertz CT molecular complexity index is 266. The van der Waals surface area contributed by atoms with Crippen LogP contribution in [0.4, 0.5) is 0 Å². The van der Waals surface area contributed by atoms with Gasteiger partial charge in [-0.15, -0.1) is 0 Å². The van der Waals surface area contributed by atoms with E-state index in [0.29, 0.717) is 6.42 Å². The predicted molar refractivity (Wildman–Crippen MR) is 93.9 cm³/mol. The maximum Gasteiger partial charge on any atom is 0.0744 e. The molecule has 1 fully saturated rings. The number of rotatable bonds is 15. The van der Waals surface area contributed by atoms with E-state index in [0.717, 1.165) is 25.7 Å². The monoisotopic (exact) mass is 313 g/mol. The van der Waals surface area contributed by atoms with E-state index in [-0.39, 0.29) is 11.6 Å². The number of hydrogen-bond acceptors (Lipinski definition) is 3. The topological polar surface area (TPSA) is 66.5 Å². The van der Waals surface area contributed by atoms with E-state index in [1.54, 1.807) is 0 Å². The standard InChI is InChI=1S/C19H39NO2/c1-2-3-4-5-6-7-8-9-10-11-12-13-17(21)16-18(22)19(20)14-15-19/h17-18,21-22H,2-16,20H2,1H3/t17?,18-/m1/s1. The van der Waals surface area contributed by atoms with Crippen molar-refractivity contribution >= 4 is 0 Å². The summed E-state index contributed by atoms with van der Waals surface area (Å²) in [5.41, 5.74) is 5.56. The molecule has 0 aliphatic heterocycles. The SMILES string of the molecule is CCCCCCCCCCCCCC(O)C[C@@H](O)C1(N)CC1. The molecule has 132 valence electrons. The van der Waals surface area contributed by atoms with Gasteiger partial charge in [-0.2, -0.15) is 0 Å². The number of unbranched alkanes of at least 4 members (excludes halogenated alkanes) is 10. The molecule has 0 radical (unpaired) electrons. The molecule has 0 bridgehead atoms. The van der Waals surface area contributed by atoms with E-state index in [4.69, 9.17) is 5.73 Å². The Kier molecular flexibility index (Phi) is 10.3. The van der Waals surface area contributed by atoms with Crippen molar-refractivity contribution in [3.05, 3.63) is 0 Å². The first-order valence-electron chi connectivity index (χ1n) is 9.73. The highest BCUT2D eigenvalue weighted by atomic mass is 16.3. The molecule has 3 nitrogen and oxygen atoms in total. The lowest BCUT2D eigenvalue weighted by Gasteiger charge is -2.20. The van der Waals surface area contributed by atoms with Crippen molar-refractivity contribution < 1.29 is 10.2 Å². The summed E-state index contributed by atoms with van der Waals surface area (Å²) in [7, 11) is 0. The van der Waals surface area contributed by atoms with Crippen molar-refractivity contribution in [2.24, 2.45) is 5.73 Å². The third-order valence-electron chi connectivity index (χ3n) is 5.13. The second kappa shape index (κ2) is 11.4. The van der Waals surface area contributed by atoms with Crippen LogP contribution in [0, 0.1) is 0 Å². The molecule has 1 aliphatic carbocycles. The number of hydrogen-bond donors (Lipinski definition) is 3. The quantitative estimate of drug-likeness (QED) is 0.395. The zero-order valence-electron chi connectivity index (χ0n) is 14.7. The first kappa shape index (κ1) is 19.9. The van der Waals surface area contributed by atoms with Gasteiger partial charge in [0.25, 0.3) is 0 Å². The third kappa shape index (κ3) is 9.12. The van der Waals surface area contributed by atoms with E-state index in [1.165, 1.54) is 64.2 Å². The Hall–Kier alpha value is -0.120. The molecule has 0 spiro atoms. The molecule has 0 aromatic heterocycles. The first-order valence-corrected chi connectivity index (χ1v) is 9.73. The Morgan fingerprint density at radius 2 is 1.27 bits per heavy atom. The van der Waals surface area contributed by atoms with Gasteiger partial charge in [-0.25, -0.2) is 0 Å². The Labute approximate surface area is 137 Å². The predicted octanol–water partition coefficient (Wildman–Crippen LogP) is 4.29. The molecule has 1 unspecified atom stereocenters. The van der Waals surface area contributed by atoms with Crippen LogP contribution >= 0.6 is 0 Å². The summed E-state index contributed by atoms with van der Waals surface area (Å²) in [6.07, 6.45) is 16.7. The van der Waals surface area contributed by atoms with Crippen LogP contribution < -0.4 is 5.73 Å². The lowest BCUT2D eigenvalue weighted by atomic mass is 9.99. The van der Waals surface area contributed by atoms with Crippen LogP contribution in [0.5, 0.6) is 0 Å². The lowest BCUT2D eigenvalue weighted by molar-refractivity contribution is 0.0539. The number of nitrogens with two attached hydrogens (primary N) is 1. The van der Waals surface area contributed by atoms with Gasteiger partial charge in [0.1, 0.15) is 0 Å². The summed E-state index contributed by atoms with van der Waals surface area (Å²) in [5, 5.41) is 19.8. The van der Waals surface area contributed by atoms with E-state index in [9.17, 15) is 10.2 Å². The molecule has 0 saturated heterocycles. The highest BCUT2D eigenvalue weighted by Gasteiger charge is 2.45. The molecule has 4 N–H and O–H groups in total. The van der Waals surface area contributed by atoms with E-state index < -0.39 is 6.10 Å². The van der Waals surface area contributed by atoms with Crippen LogP contribution in [0.25, 0.3) is 0 Å². The highest BCUT2D eigenvalue weighted by Crippen LogP contribution is 2.37. The third-order valence-corrected chi connectivity index (χ3v) is 5.13. The first-order chi connectivity index (χ1) is 10.6. The van der Waals surface area contributed by atoms with E-state index in [2.05, 4.69) is 6.92 Å². The van der Waals surface area contributed by atoms with Crippen molar-refractivity contribution in [1.29, 1.82) is 0 Å². The fourth-order valence-electron chi connectivity index (χ4n) is 3.13. The zero-order valence-corrected chi connectivity index (χ0v) is 14.7. The number of aliphatic hydroxyl groups excluding tert-OH is 2. The van der Waals surface area contributed by atoms with Gasteiger partial charge in [-0.05, 0) is 19.3 Å². The molecule has 1 aliphatic rings. The van der Waals surface area contributed by atoms with Gasteiger partial charge >= 0.3 is 0 Å². The second-order valence-electron chi connectivity index (χ2n) is 7.46. The minimum Gasteiger partial charge on any atom is -0.393 e. The average Bonchev–Trinajstić information content (AvgIpc) is 3.24. The van der Waals surface area contributed by atoms with Gasteiger partial charge in [0.2, 0.25) is 0 Å². The van der Waals surface area contributed by atoms with Gasteiger partial charge in [0.05, 0.1) is 12.2 Å². The molecule has 1 rings (SSSR count). The van der Waals surface area contributed by atoms with Gasteiger partial charge in [0, 0.05) is 12.0 Å². The minimum atomic E-state index is -0.518. The zero-order chi connectivity index (χ0) is 16.3. The van der Waals surface area contributed by atoms with E-state index in [1.807, 2.05) is 0 Å². The smallest absolute Gasteiger partial charge is 0.0744 e. The van der Waals surface area contributed by atoms with Crippen LogP contribution in [0.1, 0.15) is 103 Å². The van der Waals surface area contributed by atoms with Crippen LogP contribution in [-0.4, -0.2) is 28.0 Å². The number of aliphatic hydroxyl groups is 2. The fraction of sp³-hybridized carbons (Fsp3) is 1.00. The van der Waals surface area contributed by atoms with Crippen molar-refractivity contribution in [2.75, 3.05) is 0 Å². The second-order valence-corrected chi connectivity index (χ2v) is 7.46. The molecular formula is C19H39NO2. The normalized spacial score (nSPS) is 19.1. The summed E-state index contributed by atoms with van der Waals surface area (Å²) >= 11 is 0. The Morgan fingerprint density at radius 3 is 1.73 bits per heavy atom. The van der Waals surface area contributed by atoms with Crippen LogP contribution in [0.3, 0.4) is 0 Å². The highest BCUT2D eigenvalue weighted by molar-refractivity contribution is 5.04. The van der Waals surface area contributed by atoms with Gasteiger partial charge < -0.3 is 15.9 Å². The molecule has 3 heteroatoms. The maximum atomic E-state index is 9.94. The molecular weight excluding hydrogens is 274 g/mol. The molecule has 22 heavy (non-hydrogen) atoms. The van der Waals surface area contributed by atoms with Gasteiger partial charge in [-0.3, -0.25) is 0 Å². The molecule has 0 amide bonds. The fourth-order valence-corrected chi connectivity index (χ4v) is 3.13. The summed E-state index contributed by atoms with van der Waals surface area (Å²) in [5.74, 6) is 0. The minimum absolute atomic E-state index is 0.377. The van der Waals surface area contributed by atoms with Crippen molar-refractivity contribution in [2.45, 2.75) is 121 Å². The average molecular weight is 314 g/mol. The summed E-state index contributed by atoms with van der Waals surface area (Å²) < 4.78 is 0. The summed E-state index contributed by atoms with van der Waals surface area (Å²) in [4.78, 5) is 0. The Morgan fingerprint density at radius 1 is 0.818 bits per heavy atom. The van der Waals surface area contributed by atoms with Crippen LogP contribution in [0.15, 0.2) is 0 Å². The van der Waals surface area contributed by atoms with Gasteiger partial charge in [-0.1, -0.05) is 77.6 Å². The lowest BCUT2D eigenvalue weighted by Crippen LogP contribution is -2.39. The molecule has 2 atom stereocenters. The largest absolute Gasteiger partial charge is 0.393 e. The Balaban J connectivity index is 1.81. The van der Waals surface area contributed by atoms with E-state index >= 15 is 0 Å². The summed E-state index contributed by atoms with van der Waals surface area (Å²) in [6, 6.07) is 0. The maximum absolute atomic E-state index is 9.94. The summed E-state index contributed by atoms with van der Waals surface area (Å²) in [6.45, 7) is 2.26. The van der Waals surface area contributed by atoms with Crippen LogP contribution in [-0.2, 0) is 0 Å². The van der Waals surface area contributed by atoms with Crippen LogP contribution in [0.2, 0.25) is 0 Å².